The highest BCUT2D eigenvalue weighted by molar-refractivity contribution is 5.80. The number of carbonyl (C=O) groups is 5. The lowest BCUT2D eigenvalue weighted by atomic mass is 9.78. The lowest BCUT2D eigenvalue weighted by molar-refractivity contribution is -0.138. The Labute approximate surface area is 659 Å². The van der Waals surface area contributed by atoms with E-state index in [-0.39, 0.29) is 46.8 Å². The molecule has 4 aliphatic heterocycles. The summed E-state index contributed by atoms with van der Waals surface area (Å²) in [5.74, 6) is 10.5. The van der Waals surface area contributed by atoms with Gasteiger partial charge in [0.05, 0.1) is 25.5 Å². The summed E-state index contributed by atoms with van der Waals surface area (Å²) in [5, 5.41) is 7.52. The lowest BCUT2D eigenvalue weighted by Crippen LogP contribution is -2.51. The Bertz CT molecular complexity index is 2220. The molecule has 4 aliphatic rings. The fourth-order valence-corrected chi connectivity index (χ4v) is 13.9. The van der Waals surface area contributed by atoms with E-state index in [0.29, 0.717) is 55.1 Å². The highest BCUT2D eigenvalue weighted by Gasteiger charge is 2.39. The standard InChI is InChI=1S/C15H25N3O.C14H27NO.C14H30.C13H24N2O2.C13H25NO2.C13H28.C11H24/c1-11(2)13-9-16-18(10-13)14-5-7-17(8-6-14)15(19)12(3)4;1-11(2)6-5-7-13-9-15(10-13)14(16)8-12(3)4;1-13(2)11-9-7-5-6-8-10-12-14(3)4;1-10(2)12(16)14-6-5-7-15(9-8-14)13(17)11(3)4;1-10(2)5-12(15)14-7-13(6-11(3)4)8-16-9-13;1-12(2)10-8-6-5-7-9-11-13(3)4;1-10(2)8-6-5-7-9-11(3)4/h9-12,14H,5-8H2,1-4H3;11-13H,5-10H2,1-4H3;13-14H,5-12H2,1-4H3;10-11H,5-9H2,1-4H3;10-11H,5-9H2,1-4H3,(H,14,15);12-13H,5-11H2,1-4H3;10-11H,5-9H2,1-4H3. The summed E-state index contributed by atoms with van der Waals surface area (Å²) in [6.07, 6.45) is 42.3. The molecule has 0 unspecified atom stereocenters. The summed E-state index contributed by atoms with van der Waals surface area (Å²) >= 11 is 0. The minimum Gasteiger partial charge on any atom is -0.380 e. The number of carbonyl (C=O) groups excluding carboxylic acids is 5. The molecule has 0 atom stereocenters. The van der Waals surface area contributed by atoms with E-state index in [1.165, 1.54) is 153 Å². The van der Waals surface area contributed by atoms with E-state index in [1.807, 2.05) is 67.3 Å². The molecular formula is C93H183N7O6. The Morgan fingerprint density at radius 2 is 0.755 bits per heavy atom. The van der Waals surface area contributed by atoms with Gasteiger partial charge in [-0.1, -0.05) is 335 Å². The van der Waals surface area contributed by atoms with Crippen LogP contribution >= 0.6 is 0 Å². The molecule has 1 N–H and O–H groups in total. The van der Waals surface area contributed by atoms with E-state index in [1.54, 1.807) is 0 Å². The van der Waals surface area contributed by atoms with E-state index in [4.69, 9.17) is 4.74 Å². The van der Waals surface area contributed by atoms with Crippen molar-refractivity contribution in [1.82, 2.24) is 34.7 Å². The normalized spacial score (nSPS) is 15.5. The van der Waals surface area contributed by atoms with Crippen molar-refractivity contribution in [1.29, 1.82) is 0 Å². The van der Waals surface area contributed by atoms with Crippen LogP contribution in [0, 0.1) is 88.3 Å². The molecule has 0 radical (unpaired) electrons. The average molecular weight is 1500 g/mol. The van der Waals surface area contributed by atoms with E-state index >= 15 is 0 Å². The molecule has 5 heterocycles. The van der Waals surface area contributed by atoms with Crippen LogP contribution in [0.1, 0.15) is 398 Å². The second-order valence-corrected chi connectivity index (χ2v) is 38.5. The Morgan fingerprint density at radius 3 is 1.06 bits per heavy atom. The molecule has 4 fully saturated rings. The first kappa shape index (κ1) is 105. The minimum absolute atomic E-state index is 0.0438. The van der Waals surface area contributed by atoms with E-state index in [9.17, 15) is 24.0 Å². The van der Waals surface area contributed by atoms with Gasteiger partial charge in [-0.3, -0.25) is 28.7 Å². The van der Waals surface area contributed by atoms with Gasteiger partial charge in [-0.25, -0.2) is 0 Å². The van der Waals surface area contributed by atoms with Crippen LogP contribution in [0.4, 0.5) is 0 Å². The molecule has 0 bridgehead atoms. The number of piperidine rings is 1. The predicted molar refractivity (Wildman–Crippen MR) is 458 cm³/mol. The minimum atomic E-state index is 0.0438. The number of nitrogens with zero attached hydrogens (tertiary/aromatic N) is 6. The van der Waals surface area contributed by atoms with Crippen molar-refractivity contribution in [2.75, 3.05) is 72.1 Å². The van der Waals surface area contributed by atoms with Crippen LogP contribution < -0.4 is 5.32 Å². The van der Waals surface area contributed by atoms with Gasteiger partial charge in [0.1, 0.15) is 0 Å². The molecule has 5 rings (SSSR count). The summed E-state index contributed by atoms with van der Waals surface area (Å²) in [5.41, 5.74) is 1.50. The van der Waals surface area contributed by atoms with Crippen LogP contribution in [0.25, 0.3) is 0 Å². The first-order valence-electron chi connectivity index (χ1n) is 44.7. The van der Waals surface area contributed by atoms with Crippen LogP contribution in [0.2, 0.25) is 0 Å². The molecule has 0 spiro atoms. The maximum Gasteiger partial charge on any atom is 0.225 e. The number of aromatic nitrogens is 2. The van der Waals surface area contributed by atoms with Gasteiger partial charge in [0.25, 0.3) is 0 Å². The number of hydrogen-bond acceptors (Lipinski definition) is 7. The lowest BCUT2D eigenvalue weighted by Gasteiger charge is -2.42. The molecule has 13 nitrogen and oxygen atoms in total. The van der Waals surface area contributed by atoms with Gasteiger partial charge in [-0.2, -0.15) is 5.10 Å². The van der Waals surface area contributed by atoms with Crippen LogP contribution in [0.15, 0.2) is 12.4 Å². The Morgan fingerprint density at radius 1 is 0.415 bits per heavy atom. The topological polar surface area (TPSA) is 137 Å². The number of rotatable bonds is 40. The van der Waals surface area contributed by atoms with Gasteiger partial charge < -0.3 is 29.7 Å². The quantitative estimate of drug-likeness (QED) is 0.0646. The zero-order valence-electron chi connectivity index (χ0n) is 75.8. The fourth-order valence-electron chi connectivity index (χ4n) is 13.9. The van der Waals surface area contributed by atoms with Crippen LogP contribution in [0.3, 0.4) is 0 Å². The largest absolute Gasteiger partial charge is 0.380 e. The van der Waals surface area contributed by atoms with Crippen molar-refractivity contribution in [2.24, 2.45) is 88.3 Å². The molecule has 0 aliphatic carbocycles. The molecule has 0 saturated carbocycles. The fraction of sp³-hybridized carbons (Fsp3) is 0.914. The van der Waals surface area contributed by atoms with Crippen molar-refractivity contribution in [3.63, 3.8) is 0 Å². The van der Waals surface area contributed by atoms with Crippen molar-refractivity contribution in [2.45, 2.75) is 392 Å². The van der Waals surface area contributed by atoms with Gasteiger partial charge >= 0.3 is 0 Å². The Balaban J connectivity index is 0. The van der Waals surface area contributed by atoms with Gasteiger partial charge in [-0.15, -0.1) is 0 Å². The van der Waals surface area contributed by atoms with Gasteiger partial charge in [-0.05, 0) is 109 Å². The van der Waals surface area contributed by atoms with Gasteiger partial charge in [0.15, 0.2) is 0 Å². The molecule has 626 valence electrons. The molecule has 1 aromatic rings. The van der Waals surface area contributed by atoms with E-state index < -0.39 is 0 Å². The third kappa shape index (κ3) is 56.7. The van der Waals surface area contributed by atoms with Crippen molar-refractivity contribution in [3.05, 3.63) is 18.0 Å². The highest BCUT2D eigenvalue weighted by Crippen LogP contribution is 2.34. The second-order valence-electron chi connectivity index (χ2n) is 38.5. The Hall–Kier alpha value is -3.48. The monoisotopic (exact) mass is 1490 g/mol. The summed E-state index contributed by atoms with van der Waals surface area (Å²) in [4.78, 5) is 66.8. The van der Waals surface area contributed by atoms with Crippen molar-refractivity contribution in [3.8, 4) is 0 Å². The second kappa shape index (κ2) is 62.1. The third-order valence-corrected chi connectivity index (χ3v) is 20.7. The number of likely N-dealkylation sites (tertiary alicyclic amines) is 2. The molecule has 1 aromatic heterocycles. The van der Waals surface area contributed by atoms with Gasteiger partial charge in [0.2, 0.25) is 29.5 Å². The average Bonchev–Trinajstić information content (AvgIpc) is 1.20. The molecule has 5 amide bonds. The SMILES string of the molecule is CC(C)C(=O)N1CCC(n2cc(C(C)C)cn2)CC1.CC(C)C(=O)N1CCCN(C(=O)C(C)C)CC1.CC(C)CC(=O)NCC1(CC(C)C)COC1.CC(C)CCCC1CN(C(=O)CC(C)C)C1.CC(C)CCCCCC(C)C.CC(C)CCCCCCCC(C)C.CC(C)CCCCCCCCC(C)C. The smallest absolute Gasteiger partial charge is 0.225 e. The van der Waals surface area contributed by atoms with Crippen molar-refractivity contribution >= 4 is 29.5 Å². The molecule has 0 aromatic carbocycles. The van der Waals surface area contributed by atoms with Crippen molar-refractivity contribution < 1.29 is 28.7 Å². The zero-order chi connectivity index (χ0) is 80.9. The maximum atomic E-state index is 11.9. The number of nitrogens with one attached hydrogen (secondary N) is 1. The molecule has 4 saturated heterocycles. The first-order valence-corrected chi connectivity index (χ1v) is 44.7. The van der Waals surface area contributed by atoms with Crippen LogP contribution in [0.5, 0.6) is 0 Å². The Kier molecular flexibility index (Phi) is 61.3. The number of unbranched alkanes of at least 4 members (excludes halogenated alkanes) is 11. The summed E-state index contributed by atoms with van der Waals surface area (Å²) in [6.45, 7) is 70.2. The molecular weight excluding hydrogens is 1310 g/mol. The van der Waals surface area contributed by atoms with Gasteiger partial charge in [0, 0.05) is 101 Å². The maximum absolute atomic E-state index is 11.9. The predicted octanol–water partition coefficient (Wildman–Crippen LogP) is 24.4. The van der Waals surface area contributed by atoms with Crippen LogP contribution in [-0.2, 0) is 28.7 Å². The summed E-state index contributed by atoms with van der Waals surface area (Å²) in [6, 6.07) is 0.448. The molecule has 106 heavy (non-hydrogen) atoms. The molecule has 13 heteroatoms. The zero-order valence-corrected chi connectivity index (χ0v) is 75.8. The highest BCUT2D eigenvalue weighted by atomic mass is 16.5. The van der Waals surface area contributed by atoms with Crippen LogP contribution in [-0.4, -0.2) is 131 Å². The summed E-state index contributed by atoms with van der Waals surface area (Å²) < 4.78 is 7.39. The number of ether oxygens (including phenoxy) is 1. The third-order valence-electron chi connectivity index (χ3n) is 20.7. The first-order chi connectivity index (χ1) is 49.7. The number of hydrogen-bond donors (Lipinski definition) is 1. The van der Waals surface area contributed by atoms with E-state index in [0.717, 1.165) is 138 Å². The van der Waals surface area contributed by atoms with E-state index in [2.05, 4.69) is 174 Å². The number of amides is 5. The summed E-state index contributed by atoms with van der Waals surface area (Å²) in [7, 11) is 0.